The third-order valence-corrected chi connectivity index (χ3v) is 3.08. The minimum atomic E-state index is -1.22. The Kier molecular flexibility index (Phi) is 7.96. The summed E-state index contributed by atoms with van der Waals surface area (Å²) in [5.41, 5.74) is 0.0123. The number of carbonyl (C=O) groups excluding carboxylic acids is 4. The number of alkyl carbamates (subject to hydrolysis) is 1. The number of hydrogen-bond donors (Lipinski definition) is 1. The van der Waals surface area contributed by atoms with E-state index in [1.54, 1.807) is 45.0 Å². The fourth-order valence-electron chi connectivity index (χ4n) is 2.05. The number of Topliss-reactive ketones (excluding diaryl/α,β-unsaturated/α-hetero) is 2. The average molecular weight is 363 g/mol. The van der Waals surface area contributed by atoms with E-state index < -0.39 is 29.5 Å². The van der Waals surface area contributed by atoms with E-state index in [2.05, 4.69) is 5.32 Å². The van der Waals surface area contributed by atoms with Gasteiger partial charge in [-0.1, -0.05) is 30.3 Å². The predicted octanol–water partition coefficient (Wildman–Crippen LogP) is 2.56. The zero-order chi connectivity index (χ0) is 19.7. The molecule has 0 saturated heterocycles. The lowest BCUT2D eigenvalue weighted by atomic mass is 10.1. The van der Waals surface area contributed by atoms with Gasteiger partial charge in [0.25, 0.3) is 0 Å². The third kappa shape index (κ3) is 8.96. The molecule has 1 aromatic carbocycles. The summed E-state index contributed by atoms with van der Waals surface area (Å²) in [5.74, 6) is -1.55. The standard InChI is InChI=1S/C19H25NO6/c1-13(21)10-15(22)11-16(20-18(24)26-19(2,3)4)17(23)25-12-14-8-6-5-7-9-14/h5-9,16H,10-12H2,1-4H3,(H,20,24)/t16-/m0/s1. The van der Waals surface area contributed by atoms with Gasteiger partial charge in [-0.3, -0.25) is 9.59 Å². The van der Waals surface area contributed by atoms with Crippen LogP contribution < -0.4 is 5.32 Å². The fraction of sp³-hybridized carbons (Fsp3) is 0.474. The summed E-state index contributed by atoms with van der Waals surface area (Å²) in [4.78, 5) is 47.2. The highest BCUT2D eigenvalue weighted by Gasteiger charge is 2.28. The van der Waals surface area contributed by atoms with E-state index in [9.17, 15) is 19.2 Å². The Morgan fingerprint density at radius 1 is 1.08 bits per heavy atom. The monoisotopic (exact) mass is 363 g/mol. The highest BCUT2D eigenvalue weighted by Crippen LogP contribution is 2.09. The lowest BCUT2D eigenvalue weighted by Crippen LogP contribution is -2.45. The van der Waals surface area contributed by atoms with E-state index in [-0.39, 0.29) is 25.2 Å². The van der Waals surface area contributed by atoms with Gasteiger partial charge >= 0.3 is 12.1 Å². The van der Waals surface area contributed by atoms with E-state index in [0.29, 0.717) is 0 Å². The van der Waals surface area contributed by atoms with Crippen LogP contribution in [0.1, 0.15) is 46.1 Å². The molecule has 1 atom stereocenters. The molecule has 1 N–H and O–H groups in total. The summed E-state index contributed by atoms with van der Waals surface area (Å²) in [6.45, 7) is 6.32. The van der Waals surface area contributed by atoms with Crippen LogP contribution in [0.3, 0.4) is 0 Å². The van der Waals surface area contributed by atoms with Crippen molar-refractivity contribution < 1.29 is 28.7 Å². The van der Waals surface area contributed by atoms with E-state index in [1.165, 1.54) is 6.92 Å². The van der Waals surface area contributed by atoms with Gasteiger partial charge in [0.05, 0.1) is 6.42 Å². The van der Waals surface area contributed by atoms with Crippen LogP contribution in [0, 0.1) is 0 Å². The maximum absolute atomic E-state index is 12.3. The van der Waals surface area contributed by atoms with E-state index in [0.717, 1.165) is 5.56 Å². The molecule has 7 nitrogen and oxygen atoms in total. The van der Waals surface area contributed by atoms with Crippen molar-refractivity contribution >= 4 is 23.6 Å². The van der Waals surface area contributed by atoms with Gasteiger partial charge in [-0.15, -0.1) is 0 Å². The highest BCUT2D eigenvalue weighted by molar-refractivity contribution is 6.00. The second kappa shape index (κ2) is 9.70. The highest BCUT2D eigenvalue weighted by atomic mass is 16.6. The van der Waals surface area contributed by atoms with Crippen LogP contribution in [-0.2, 0) is 30.5 Å². The number of benzene rings is 1. The molecule has 1 amide bonds. The largest absolute Gasteiger partial charge is 0.459 e. The molecule has 0 bridgehead atoms. The minimum absolute atomic E-state index is 0.00701. The van der Waals surface area contributed by atoms with Gasteiger partial charge in [0.2, 0.25) is 0 Å². The predicted molar refractivity (Wildman–Crippen MR) is 94.3 cm³/mol. The lowest BCUT2D eigenvalue weighted by Gasteiger charge is -2.22. The zero-order valence-corrected chi connectivity index (χ0v) is 15.5. The summed E-state index contributed by atoms with van der Waals surface area (Å²) in [6, 6.07) is 7.78. The number of esters is 1. The van der Waals surface area contributed by atoms with E-state index >= 15 is 0 Å². The molecule has 1 rings (SSSR count). The summed E-state index contributed by atoms with van der Waals surface area (Å²) < 4.78 is 10.3. The van der Waals surface area contributed by atoms with Crippen LogP contribution in [-0.4, -0.2) is 35.3 Å². The fourth-order valence-corrected chi connectivity index (χ4v) is 2.05. The molecule has 0 aliphatic carbocycles. The summed E-state index contributed by atoms with van der Waals surface area (Å²) >= 11 is 0. The van der Waals surface area contributed by atoms with Crippen LogP contribution in [0.2, 0.25) is 0 Å². The molecule has 1 aromatic rings. The maximum Gasteiger partial charge on any atom is 0.408 e. The quantitative estimate of drug-likeness (QED) is 0.563. The van der Waals surface area contributed by atoms with Crippen molar-refractivity contribution in [3.63, 3.8) is 0 Å². The molecular weight excluding hydrogens is 338 g/mol. The lowest BCUT2D eigenvalue weighted by molar-refractivity contribution is -0.149. The second-order valence-electron chi connectivity index (χ2n) is 6.91. The zero-order valence-electron chi connectivity index (χ0n) is 15.5. The Bertz CT molecular complexity index is 648. The molecule has 0 fully saturated rings. The molecule has 0 aliphatic heterocycles. The summed E-state index contributed by atoms with van der Waals surface area (Å²) in [6.07, 6.45) is -1.49. The van der Waals surface area contributed by atoms with Gasteiger partial charge in [0.1, 0.15) is 29.8 Å². The number of hydrogen-bond acceptors (Lipinski definition) is 6. The van der Waals surface area contributed by atoms with Gasteiger partial charge in [-0.2, -0.15) is 0 Å². The molecule has 0 spiro atoms. The van der Waals surface area contributed by atoms with Crippen LogP contribution in [0.25, 0.3) is 0 Å². The van der Waals surface area contributed by atoms with Crippen molar-refractivity contribution in [1.82, 2.24) is 5.32 Å². The van der Waals surface area contributed by atoms with Crippen LogP contribution in [0.4, 0.5) is 4.79 Å². The first kappa shape index (κ1) is 21.3. The number of rotatable bonds is 8. The van der Waals surface area contributed by atoms with Crippen molar-refractivity contribution in [1.29, 1.82) is 0 Å². The van der Waals surface area contributed by atoms with Gasteiger partial charge in [-0.05, 0) is 33.3 Å². The molecule has 0 aliphatic rings. The average Bonchev–Trinajstić information content (AvgIpc) is 2.50. The van der Waals surface area contributed by atoms with Crippen molar-refractivity contribution in [2.45, 2.75) is 58.8 Å². The van der Waals surface area contributed by atoms with Crippen molar-refractivity contribution in [3.05, 3.63) is 35.9 Å². The molecule has 26 heavy (non-hydrogen) atoms. The van der Waals surface area contributed by atoms with Gasteiger partial charge in [0.15, 0.2) is 0 Å². The van der Waals surface area contributed by atoms with E-state index in [1.807, 2.05) is 6.07 Å². The third-order valence-electron chi connectivity index (χ3n) is 3.08. The number of amides is 1. The van der Waals surface area contributed by atoms with Crippen molar-refractivity contribution in [2.24, 2.45) is 0 Å². The Morgan fingerprint density at radius 2 is 1.69 bits per heavy atom. The maximum atomic E-state index is 12.3. The Hall–Kier alpha value is -2.70. The van der Waals surface area contributed by atoms with Gasteiger partial charge in [-0.25, -0.2) is 9.59 Å². The first-order chi connectivity index (χ1) is 12.1. The van der Waals surface area contributed by atoms with Crippen molar-refractivity contribution in [2.75, 3.05) is 0 Å². The molecule has 0 saturated carbocycles. The Labute approximate surface area is 153 Å². The van der Waals surface area contributed by atoms with Crippen molar-refractivity contribution in [3.8, 4) is 0 Å². The molecule has 7 heteroatoms. The number of carbonyl (C=O) groups is 4. The number of nitrogens with one attached hydrogen (secondary N) is 1. The minimum Gasteiger partial charge on any atom is -0.459 e. The van der Waals surface area contributed by atoms with Gasteiger partial charge in [0, 0.05) is 6.42 Å². The molecule has 0 radical (unpaired) electrons. The first-order valence-corrected chi connectivity index (χ1v) is 8.28. The molecule has 0 aromatic heterocycles. The topological polar surface area (TPSA) is 98.8 Å². The number of ether oxygens (including phenoxy) is 2. The normalized spacial score (nSPS) is 12.0. The first-order valence-electron chi connectivity index (χ1n) is 8.28. The SMILES string of the molecule is CC(=O)CC(=O)C[C@H](NC(=O)OC(C)(C)C)C(=O)OCc1ccccc1. The smallest absolute Gasteiger partial charge is 0.408 e. The molecule has 142 valence electrons. The van der Waals surface area contributed by atoms with Gasteiger partial charge < -0.3 is 14.8 Å². The Morgan fingerprint density at radius 3 is 2.23 bits per heavy atom. The molecule has 0 unspecified atom stereocenters. The molecule has 0 heterocycles. The summed E-state index contributed by atoms with van der Waals surface area (Å²) in [7, 11) is 0. The molecular formula is C19H25NO6. The van der Waals surface area contributed by atoms with E-state index in [4.69, 9.17) is 9.47 Å². The van der Waals surface area contributed by atoms with Crippen LogP contribution in [0.15, 0.2) is 30.3 Å². The Balaban J connectivity index is 2.74. The summed E-state index contributed by atoms with van der Waals surface area (Å²) in [5, 5.41) is 2.35. The second-order valence-corrected chi connectivity index (χ2v) is 6.91. The van der Waals surface area contributed by atoms with Crippen LogP contribution in [0.5, 0.6) is 0 Å². The van der Waals surface area contributed by atoms with Crippen LogP contribution >= 0.6 is 0 Å². The number of ketones is 2.